The van der Waals surface area contributed by atoms with Crippen molar-refractivity contribution in [3.05, 3.63) is 77.2 Å². The summed E-state index contributed by atoms with van der Waals surface area (Å²) in [5, 5.41) is 27.3. The van der Waals surface area contributed by atoms with E-state index in [-0.39, 0.29) is 10.8 Å². The van der Waals surface area contributed by atoms with Gasteiger partial charge in [-0.25, -0.2) is 19.3 Å². The van der Waals surface area contributed by atoms with Gasteiger partial charge >= 0.3 is 0 Å². The number of hydrogen-bond acceptors (Lipinski definition) is 7. The Labute approximate surface area is 215 Å². The van der Waals surface area contributed by atoms with Crippen LogP contribution in [0.25, 0.3) is 33.2 Å². The number of benzene rings is 1. The average Bonchev–Trinajstić information content (AvgIpc) is 3.57. The number of halogens is 2. The number of aryl methyl sites for hydroxylation is 2. The van der Waals surface area contributed by atoms with Crippen LogP contribution in [0.15, 0.2) is 60.8 Å². The molecule has 1 aliphatic carbocycles. The number of nitrogens with zero attached hydrogens (tertiary/aromatic N) is 6. The van der Waals surface area contributed by atoms with Crippen molar-refractivity contribution in [1.29, 1.82) is 0 Å². The van der Waals surface area contributed by atoms with Crippen LogP contribution in [0.4, 0.5) is 10.2 Å². The van der Waals surface area contributed by atoms with E-state index in [0.29, 0.717) is 40.5 Å². The number of rotatable bonds is 5. The van der Waals surface area contributed by atoms with Crippen LogP contribution in [0.2, 0.25) is 5.02 Å². The second kappa shape index (κ2) is 8.91. The third-order valence-electron chi connectivity index (χ3n) is 6.87. The topological polar surface area (TPSA) is 128 Å². The minimum absolute atomic E-state index is 0.139. The summed E-state index contributed by atoms with van der Waals surface area (Å²) >= 11 is 5.98. The predicted molar refractivity (Wildman–Crippen MR) is 138 cm³/mol. The first-order valence-corrected chi connectivity index (χ1v) is 12.1. The Morgan fingerprint density at radius 3 is 2.76 bits per heavy atom. The van der Waals surface area contributed by atoms with Gasteiger partial charge in [-0.05, 0) is 48.2 Å². The minimum atomic E-state index is -1.06. The predicted octanol–water partition coefficient (Wildman–Crippen LogP) is 3.59. The molecule has 0 saturated carbocycles. The van der Waals surface area contributed by atoms with E-state index in [9.17, 15) is 14.6 Å². The van der Waals surface area contributed by atoms with Gasteiger partial charge in [0.1, 0.15) is 35.8 Å². The van der Waals surface area contributed by atoms with E-state index in [0.717, 1.165) is 16.6 Å². The van der Waals surface area contributed by atoms with E-state index in [1.165, 1.54) is 18.5 Å². The number of pyridine rings is 1. The van der Waals surface area contributed by atoms with Gasteiger partial charge in [0.2, 0.25) is 0 Å². The van der Waals surface area contributed by atoms with Gasteiger partial charge in [0.25, 0.3) is 0 Å². The summed E-state index contributed by atoms with van der Waals surface area (Å²) < 4.78 is 18.2. The number of aliphatic hydroxyl groups excluding tert-OH is 2. The largest absolute Gasteiger partial charge is 0.388 e. The van der Waals surface area contributed by atoms with Crippen LogP contribution in [-0.4, -0.2) is 51.7 Å². The maximum atomic E-state index is 14.7. The van der Waals surface area contributed by atoms with Crippen molar-refractivity contribution >= 4 is 39.4 Å². The number of aromatic nitrogens is 6. The van der Waals surface area contributed by atoms with Crippen molar-refractivity contribution in [2.45, 2.75) is 31.1 Å². The molecule has 0 aliphatic heterocycles. The molecule has 0 fully saturated rings. The molecule has 0 spiro atoms. The first-order chi connectivity index (χ1) is 17.8. The molecule has 3 unspecified atom stereocenters. The molecular formula is C26H23ClFN7O2. The van der Waals surface area contributed by atoms with Crippen LogP contribution in [0.5, 0.6) is 0 Å². The molecule has 5 aromatic rings. The van der Waals surface area contributed by atoms with Gasteiger partial charge in [0, 0.05) is 35.8 Å². The van der Waals surface area contributed by atoms with Gasteiger partial charge < -0.3 is 20.5 Å². The molecule has 4 N–H and O–H groups in total. The Bertz CT molecular complexity index is 1700. The molecule has 3 atom stereocenters. The van der Waals surface area contributed by atoms with Gasteiger partial charge in [-0.3, -0.25) is 4.68 Å². The Hall–Kier alpha value is -3.86. The zero-order valence-corrected chi connectivity index (χ0v) is 20.5. The second-order valence-corrected chi connectivity index (χ2v) is 9.66. The molecule has 9 nitrogen and oxygen atoms in total. The quantitative estimate of drug-likeness (QED) is 0.303. The van der Waals surface area contributed by atoms with Crippen molar-refractivity contribution < 1.29 is 14.6 Å². The lowest BCUT2D eigenvalue weighted by molar-refractivity contribution is 0.0317. The maximum Gasteiger partial charge on any atom is 0.144 e. The molecule has 0 bridgehead atoms. The number of nitrogens with two attached hydrogens (primary N) is 1. The van der Waals surface area contributed by atoms with Gasteiger partial charge in [-0.15, -0.1) is 0 Å². The van der Waals surface area contributed by atoms with Crippen LogP contribution >= 0.6 is 11.6 Å². The van der Waals surface area contributed by atoms with Crippen molar-refractivity contribution in [2.24, 2.45) is 7.05 Å². The molecule has 0 amide bonds. The lowest BCUT2D eigenvalue weighted by Crippen LogP contribution is -2.29. The minimum Gasteiger partial charge on any atom is -0.388 e. The molecule has 188 valence electrons. The monoisotopic (exact) mass is 519 g/mol. The Balaban J connectivity index is 1.28. The summed E-state index contributed by atoms with van der Waals surface area (Å²) in [4.78, 5) is 13.1. The number of nitrogen functional groups attached to an aromatic ring is 1. The fourth-order valence-corrected chi connectivity index (χ4v) is 5.15. The zero-order valence-electron chi connectivity index (χ0n) is 19.8. The van der Waals surface area contributed by atoms with E-state index < -0.39 is 24.1 Å². The summed E-state index contributed by atoms with van der Waals surface area (Å²) in [6.45, 7) is 0. The average molecular weight is 520 g/mol. The van der Waals surface area contributed by atoms with Gasteiger partial charge in [0.05, 0.1) is 28.5 Å². The summed E-state index contributed by atoms with van der Waals surface area (Å²) in [5.74, 6) is -0.302. The number of anilines is 1. The van der Waals surface area contributed by atoms with Crippen molar-refractivity contribution in [3.8, 4) is 11.3 Å². The third-order valence-corrected chi connectivity index (χ3v) is 7.18. The number of aliphatic hydroxyl groups is 2. The maximum absolute atomic E-state index is 14.7. The standard InChI is InChI=1S/C26H23ClFN7O2/c1-34-11-15(10-32-34)22-16-4-5-35(26(16)31-12-30-22)21-8-14(23(36)24(21)37)3-2-13-6-19(28)17-9-18(27)25(29)33-20(17)7-13/h4-12,21,23-24,36-37H,2-3H2,1H3,(H2,29,33). The highest BCUT2D eigenvalue weighted by Crippen LogP contribution is 2.36. The van der Waals surface area contributed by atoms with Crippen LogP contribution < -0.4 is 5.73 Å². The van der Waals surface area contributed by atoms with Crippen LogP contribution in [0.3, 0.4) is 0 Å². The SMILES string of the molecule is Cn1cc(-c2ncnc3c2ccn3C2C=C(CCc3cc(F)c4cc(Cl)c(N)nc4c3)C(O)C2O)cn1. The highest BCUT2D eigenvalue weighted by Gasteiger charge is 2.36. The molecule has 0 saturated heterocycles. The van der Waals surface area contributed by atoms with Crippen molar-refractivity contribution in [3.63, 3.8) is 0 Å². The van der Waals surface area contributed by atoms with Gasteiger partial charge in [0.15, 0.2) is 0 Å². The van der Waals surface area contributed by atoms with Crippen molar-refractivity contribution in [1.82, 2.24) is 29.3 Å². The van der Waals surface area contributed by atoms with E-state index in [4.69, 9.17) is 17.3 Å². The molecular weight excluding hydrogens is 497 g/mol. The van der Waals surface area contributed by atoms with E-state index >= 15 is 0 Å². The van der Waals surface area contributed by atoms with Crippen LogP contribution in [-0.2, 0) is 13.5 Å². The van der Waals surface area contributed by atoms with E-state index in [1.54, 1.807) is 16.9 Å². The first-order valence-electron chi connectivity index (χ1n) is 11.7. The Kier molecular flexibility index (Phi) is 5.67. The lowest BCUT2D eigenvalue weighted by atomic mass is 10.0. The highest BCUT2D eigenvalue weighted by atomic mass is 35.5. The zero-order chi connectivity index (χ0) is 25.8. The summed E-state index contributed by atoms with van der Waals surface area (Å²) in [6, 6.07) is 6.04. The molecule has 6 rings (SSSR count). The van der Waals surface area contributed by atoms with E-state index in [2.05, 4.69) is 20.1 Å². The Morgan fingerprint density at radius 2 is 1.97 bits per heavy atom. The number of fused-ring (bicyclic) bond motifs is 2. The smallest absolute Gasteiger partial charge is 0.144 e. The van der Waals surface area contributed by atoms with Crippen molar-refractivity contribution in [2.75, 3.05) is 5.73 Å². The normalized spacial score (nSPS) is 19.7. The fourth-order valence-electron chi connectivity index (χ4n) is 4.99. The lowest BCUT2D eigenvalue weighted by Gasteiger charge is -2.19. The second-order valence-electron chi connectivity index (χ2n) is 9.25. The van der Waals surface area contributed by atoms with Crippen LogP contribution in [0.1, 0.15) is 18.0 Å². The molecule has 37 heavy (non-hydrogen) atoms. The summed E-state index contributed by atoms with van der Waals surface area (Å²) in [6.07, 6.45) is 7.54. The fraction of sp³-hybridized carbons (Fsp3) is 0.231. The molecule has 4 heterocycles. The molecule has 0 radical (unpaired) electrons. The molecule has 1 aromatic carbocycles. The van der Waals surface area contributed by atoms with Crippen LogP contribution in [0, 0.1) is 5.82 Å². The summed E-state index contributed by atoms with van der Waals surface area (Å²) in [5.41, 5.74) is 9.81. The van der Waals surface area contributed by atoms with Gasteiger partial charge in [-0.2, -0.15) is 5.10 Å². The highest BCUT2D eigenvalue weighted by molar-refractivity contribution is 6.33. The van der Waals surface area contributed by atoms with E-state index in [1.807, 2.05) is 36.2 Å². The Morgan fingerprint density at radius 1 is 1.14 bits per heavy atom. The first kappa shape index (κ1) is 23.5. The third kappa shape index (κ3) is 4.03. The number of hydrogen-bond donors (Lipinski definition) is 3. The van der Waals surface area contributed by atoms with Gasteiger partial charge in [-0.1, -0.05) is 17.7 Å². The molecule has 4 aromatic heterocycles. The molecule has 1 aliphatic rings. The molecule has 11 heteroatoms. The summed E-state index contributed by atoms with van der Waals surface area (Å²) in [7, 11) is 1.84.